The molecule has 1 aromatic carbocycles. The van der Waals surface area contributed by atoms with Gasteiger partial charge in [-0.3, -0.25) is 4.79 Å². The van der Waals surface area contributed by atoms with Crippen LogP contribution in [-0.4, -0.2) is 51.2 Å². The normalized spacial score (nSPS) is 14.5. The van der Waals surface area contributed by atoms with E-state index in [2.05, 4.69) is 19.2 Å². The molecule has 5 heteroatoms. The lowest BCUT2D eigenvalue weighted by Gasteiger charge is -2.33. The van der Waals surface area contributed by atoms with Crippen molar-refractivity contribution in [2.45, 2.75) is 20.3 Å². The number of hydrogen-bond donors (Lipinski definition) is 1. The quantitative estimate of drug-likeness (QED) is 0.795. The third-order valence-corrected chi connectivity index (χ3v) is 4.15. The van der Waals surface area contributed by atoms with E-state index in [1.54, 1.807) is 14.2 Å². The number of nitrogens with zero attached hydrogens (tertiary/aromatic N) is 1. The summed E-state index contributed by atoms with van der Waals surface area (Å²) in [7, 11) is 3.27. The summed E-state index contributed by atoms with van der Waals surface area (Å²) in [5.41, 5.74) is 1.15. The zero-order chi connectivity index (χ0) is 16.8. The van der Waals surface area contributed by atoms with Crippen LogP contribution >= 0.6 is 0 Å². The number of amides is 1. The molecule has 0 unspecified atom stereocenters. The van der Waals surface area contributed by atoms with E-state index in [9.17, 15) is 4.79 Å². The lowest BCUT2D eigenvalue weighted by Crippen LogP contribution is -2.53. The molecule has 23 heavy (non-hydrogen) atoms. The highest BCUT2D eigenvalue weighted by Gasteiger charge is 2.29. The summed E-state index contributed by atoms with van der Waals surface area (Å²) in [6, 6.07) is 5.94. The van der Waals surface area contributed by atoms with Crippen molar-refractivity contribution in [2.75, 3.05) is 40.4 Å². The van der Waals surface area contributed by atoms with Gasteiger partial charge in [0.2, 0.25) is 5.91 Å². The zero-order valence-corrected chi connectivity index (χ0v) is 14.6. The fraction of sp³-hybridized carbons (Fsp3) is 0.611. The van der Waals surface area contributed by atoms with Gasteiger partial charge in [0.25, 0.3) is 0 Å². The highest BCUT2D eigenvalue weighted by molar-refractivity contribution is 5.80. The maximum absolute atomic E-state index is 12.5. The second kappa shape index (κ2) is 8.20. The fourth-order valence-electron chi connectivity index (χ4n) is 2.75. The van der Waals surface area contributed by atoms with Gasteiger partial charge < -0.3 is 19.7 Å². The van der Waals surface area contributed by atoms with Gasteiger partial charge in [-0.2, -0.15) is 0 Å². The molecule has 128 valence electrons. The summed E-state index contributed by atoms with van der Waals surface area (Å²) in [6.45, 7) is 7.46. The standard InChI is InChI=1S/C18H28N2O3/c1-13(2)12-20(18(21)15-10-19-11-15)8-7-14-5-6-16(22-3)17(9-14)23-4/h5-6,9,13,15,19H,7-8,10-12H2,1-4H3. The van der Waals surface area contributed by atoms with Crippen molar-refractivity contribution in [3.63, 3.8) is 0 Å². The zero-order valence-electron chi connectivity index (χ0n) is 14.6. The third-order valence-electron chi connectivity index (χ3n) is 4.15. The molecule has 1 saturated heterocycles. The number of ether oxygens (including phenoxy) is 2. The first-order valence-electron chi connectivity index (χ1n) is 8.25. The summed E-state index contributed by atoms with van der Waals surface area (Å²) in [5.74, 6) is 2.36. The fourth-order valence-corrected chi connectivity index (χ4v) is 2.75. The first kappa shape index (κ1) is 17.6. The van der Waals surface area contributed by atoms with E-state index >= 15 is 0 Å². The van der Waals surface area contributed by atoms with Crippen LogP contribution in [0.25, 0.3) is 0 Å². The minimum Gasteiger partial charge on any atom is -0.493 e. The molecule has 1 amide bonds. The van der Waals surface area contributed by atoms with Crippen molar-refractivity contribution < 1.29 is 14.3 Å². The predicted molar refractivity (Wildman–Crippen MR) is 91.0 cm³/mol. The first-order valence-corrected chi connectivity index (χ1v) is 8.25. The molecule has 1 fully saturated rings. The molecule has 0 aliphatic carbocycles. The molecule has 1 N–H and O–H groups in total. The number of rotatable bonds is 8. The molecular weight excluding hydrogens is 292 g/mol. The van der Waals surface area contributed by atoms with Gasteiger partial charge >= 0.3 is 0 Å². The van der Waals surface area contributed by atoms with Crippen LogP contribution in [0.4, 0.5) is 0 Å². The molecule has 0 spiro atoms. The average Bonchev–Trinajstić information content (AvgIpc) is 2.48. The molecule has 0 radical (unpaired) electrons. The van der Waals surface area contributed by atoms with Crippen LogP contribution in [0.15, 0.2) is 18.2 Å². The molecule has 2 rings (SSSR count). The molecule has 0 bridgehead atoms. The number of benzene rings is 1. The monoisotopic (exact) mass is 320 g/mol. The molecule has 1 aliphatic rings. The summed E-state index contributed by atoms with van der Waals surface area (Å²) >= 11 is 0. The lowest BCUT2D eigenvalue weighted by molar-refractivity contribution is -0.137. The van der Waals surface area contributed by atoms with E-state index in [4.69, 9.17) is 9.47 Å². The Bertz CT molecular complexity index is 527. The van der Waals surface area contributed by atoms with Crippen LogP contribution in [0, 0.1) is 11.8 Å². The maximum Gasteiger partial charge on any atom is 0.228 e. The van der Waals surface area contributed by atoms with E-state index in [0.29, 0.717) is 5.92 Å². The smallest absolute Gasteiger partial charge is 0.228 e. The molecule has 5 nitrogen and oxygen atoms in total. The van der Waals surface area contributed by atoms with E-state index in [0.717, 1.165) is 49.7 Å². The third kappa shape index (κ3) is 4.61. The van der Waals surface area contributed by atoms with Gasteiger partial charge in [-0.05, 0) is 30.0 Å². The summed E-state index contributed by atoms with van der Waals surface area (Å²) < 4.78 is 10.6. The van der Waals surface area contributed by atoms with E-state index < -0.39 is 0 Å². The second-order valence-corrected chi connectivity index (χ2v) is 6.47. The molecule has 1 aliphatic heterocycles. The Morgan fingerprint density at radius 3 is 2.48 bits per heavy atom. The molecule has 1 heterocycles. The highest BCUT2D eigenvalue weighted by atomic mass is 16.5. The second-order valence-electron chi connectivity index (χ2n) is 6.47. The lowest BCUT2D eigenvalue weighted by atomic mass is 10.0. The highest BCUT2D eigenvalue weighted by Crippen LogP contribution is 2.27. The van der Waals surface area contributed by atoms with Gasteiger partial charge in [0.05, 0.1) is 20.1 Å². The molecular formula is C18H28N2O3. The van der Waals surface area contributed by atoms with Crippen molar-refractivity contribution in [1.82, 2.24) is 10.2 Å². The van der Waals surface area contributed by atoms with Crippen LogP contribution < -0.4 is 14.8 Å². The Balaban J connectivity index is 2.00. The Morgan fingerprint density at radius 2 is 1.96 bits per heavy atom. The number of carbonyl (C=O) groups is 1. The van der Waals surface area contributed by atoms with Crippen LogP contribution in [-0.2, 0) is 11.2 Å². The average molecular weight is 320 g/mol. The predicted octanol–water partition coefficient (Wildman–Crippen LogP) is 1.95. The summed E-state index contributed by atoms with van der Waals surface area (Å²) in [6.07, 6.45) is 0.818. The minimum atomic E-state index is 0.152. The number of nitrogens with one attached hydrogen (secondary N) is 1. The molecule has 1 aromatic rings. The first-order chi connectivity index (χ1) is 11.0. The Labute approximate surface area is 139 Å². The molecule has 0 atom stereocenters. The van der Waals surface area contributed by atoms with Crippen molar-refractivity contribution in [1.29, 1.82) is 0 Å². The summed E-state index contributed by atoms with van der Waals surface area (Å²) in [5, 5.41) is 3.17. The minimum absolute atomic E-state index is 0.152. The maximum atomic E-state index is 12.5. The topological polar surface area (TPSA) is 50.8 Å². The van der Waals surface area contributed by atoms with Gasteiger partial charge in [0, 0.05) is 26.2 Å². The Hall–Kier alpha value is -1.75. The Kier molecular flexibility index (Phi) is 6.28. The van der Waals surface area contributed by atoms with E-state index in [1.165, 1.54) is 0 Å². The number of carbonyl (C=O) groups excluding carboxylic acids is 1. The Morgan fingerprint density at radius 1 is 1.26 bits per heavy atom. The van der Waals surface area contributed by atoms with Crippen LogP contribution in [0.1, 0.15) is 19.4 Å². The summed E-state index contributed by atoms with van der Waals surface area (Å²) in [4.78, 5) is 14.6. The largest absolute Gasteiger partial charge is 0.493 e. The van der Waals surface area contributed by atoms with E-state index in [-0.39, 0.29) is 11.8 Å². The van der Waals surface area contributed by atoms with Crippen molar-refractivity contribution in [3.8, 4) is 11.5 Å². The van der Waals surface area contributed by atoms with Crippen LogP contribution in [0.5, 0.6) is 11.5 Å². The van der Waals surface area contributed by atoms with Gasteiger partial charge in [-0.15, -0.1) is 0 Å². The SMILES string of the molecule is COc1ccc(CCN(CC(C)C)C(=O)C2CNC2)cc1OC. The van der Waals surface area contributed by atoms with Crippen LogP contribution in [0.2, 0.25) is 0 Å². The van der Waals surface area contributed by atoms with Crippen molar-refractivity contribution >= 4 is 5.91 Å². The van der Waals surface area contributed by atoms with Gasteiger partial charge in [-0.1, -0.05) is 19.9 Å². The number of methoxy groups -OCH3 is 2. The van der Waals surface area contributed by atoms with Gasteiger partial charge in [0.15, 0.2) is 11.5 Å². The van der Waals surface area contributed by atoms with Gasteiger partial charge in [-0.25, -0.2) is 0 Å². The molecule has 0 aromatic heterocycles. The van der Waals surface area contributed by atoms with Crippen molar-refractivity contribution in [2.24, 2.45) is 11.8 Å². The van der Waals surface area contributed by atoms with Crippen LogP contribution in [0.3, 0.4) is 0 Å². The molecule has 0 saturated carbocycles. The van der Waals surface area contributed by atoms with Gasteiger partial charge in [0.1, 0.15) is 0 Å². The van der Waals surface area contributed by atoms with Crippen molar-refractivity contribution in [3.05, 3.63) is 23.8 Å². The number of hydrogen-bond acceptors (Lipinski definition) is 4. The van der Waals surface area contributed by atoms with E-state index in [1.807, 2.05) is 23.1 Å².